The SMILES string of the molecule is CCOC(=O)c1cc2ccc(B3OC(C)(C)C(C)(C)O3)cc2nn1. The molecular formula is C17H21BN2O4. The number of rotatable bonds is 3. The zero-order valence-electron chi connectivity index (χ0n) is 14.6. The lowest BCUT2D eigenvalue weighted by atomic mass is 9.79. The van der Waals surface area contributed by atoms with Crippen LogP contribution >= 0.6 is 0 Å². The zero-order valence-corrected chi connectivity index (χ0v) is 14.6. The third-order valence-electron chi connectivity index (χ3n) is 4.62. The number of esters is 1. The van der Waals surface area contributed by atoms with E-state index < -0.39 is 24.3 Å². The predicted molar refractivity (Wildman–Crippen MR) is 91.2 cm³/mol. The van der Waals surface area contributed by atoms with Crippen LogP contribution in [-0.2, 0) is 14.0 Å². The maximum Gasteiger partial charge on any atom is 0.494 e. The Hall–Kier alpha value is -1.99. The third-order valence-corrected chi connectivity index (χ3v) is 4.62. The number of benzene rings is 1. The van der Waals surface area contributed by atoms with E-state index in [1.807, 2.05) is 45.9 Å². The van der Waals surface area contributed by atoms with Crippen molar-refractivity contribution in [2.45, 2.75) is 45.8 Å². The molecule has 0 spiro atoms. The lowest BCUT2D eigenvalue weighted by molar-refractivity contribution is 0.00578. The van der Waals surface area contributed by atoms with Crippen LogP contribution in [-0.4, -0.2) is 41.1 Å². The second kappa shape index (κ2) is 5.83. The Morgan fingerprint density at radius 3 is 2.42 bits per heavy atom. The summed E-state index contributed by atoms with van der Waals surface area (Å²) in [4.78, 5) is 11.7. The van der Waals surface area contributed by atoms with E-state index in [0.717, 1.165) is 10.8 Å². The van der Waals surface area contributed by atoms with Crippen molar-refractivity contribution in [3.63, 3.8) is 0 Å². The van der Waals surface area contributed by atoms with Crippen LogP contribution in [0.3, 0.4) is 0 Å². The quantitative estimate of drug-likeness (QED) is 0.635. The molecular weight excluding hydrogens is 307 g/mol. The van der Waals surface area contributed by atoms with Crippen molar-refractivity contribution < 1.29 is 18.8 Å². The van der Waals surface area contributed by atoms with Crippen molar-refractivity contribution in [3.05, 3.63) is 30.0 Å². The van der Waals surface area contributed by atoms with Crippen LogP contribution in [0, 0.1) is 0 Å². The standard InChI is InChI=1S/C17H21BN2O4/c1-6-22-15(21)14-9-11-7-8-12(10-13(11)19-20-14)18-23-16(2,3)17(4,5)24-18/h7-10H,6H2,1-5H3. The van der Waals surface area contributed by atoms with E-state index in [9.17, 15) is 4.79 Å². The first kappa shape index (κ1) is 16.9. The minimum Gasteiger partial charge on any atom is -0.461 e. The number of hydrogen-bond acceptors (Lipinski definition) is 6. The van der Waals surface area contributed by atoms with Crippen molar-refractivity contribution in [2.24, 2.45) is 0 Å². The van der Waals surface area contributed by atoms with Crippen LogP contribution < -0.4 is 5.46 Å². The summed E-state index contributed by atoms with van der Waals surface area (Å²) >= 11 is 0. The first-order valence-corrected chi connectivity index (χ1v) is 8.03. The molecule has 0 aliphatic carbocycles. The van der Waals surface area contributed by atoms with Crippen LogP contribution in [0.4, 0.5) is 0 Å². The molecule has 1 aliphatic rings. The highest BCUT2D eigenvalue weighted by molar-refractivity contribution is 6.62. The van der Waals surface area contributed by atoms with Gasteiger partial charge in [-0.2, -0.15) is 0 Å². The predicted octanol–water partition coefficient (Wildman–Crippen LogP) is 2.11. The molecule has 0 atom stereocenters. The molecule has 24 heavy (non-hydrogen) atoms. The topological polar surface area (TPSA) is 70.5 Å². The number of ether oxygens (including phenoxy) is 1. The van der Waals surface area contributed by atoms with Crippen LogP contribution in [0.1, 0.15) is 45.1 Å². The summed E-state index contributed by atoms with van der Waals surface area (Å²) in [6, 6.07) is 7.35. The van der Waals surface area contributed by atoms with Gasteiger partial charge in [0.1, 0.15) is 0 Å². The summed E-state index contributed by atoms with van der Waals surface area (Å²) in [6.45, 7) is 10.1. The molecule has 2 heterocycles. The van der Waals surface area contributed by atoms with Gasteiger partial charge >= 0.3 is 13.1 Å². The van der Waals surface area contributed by atoms with Gasteiger partial charge in [0.05, 0.1) is 23.3 Å². The molecule has 6 nitrogen and oxygen atoms in total. The van der Waals surface area contributed by atoms with Gasteiger partial charge in [0.2, 0.25) is 0 Å². The molecule has 0 unspecified atom stereocenters. The third kappa shape index (κ3) is 2.89. The molecule has 0 N–H and O–H groups in total. The highest BCUT2D eigenvalue weighted by Crippen LogP contribution is 2.36. The smallest absolute Gasteiger partial charge is 0.461 e. The summed E-state index contributed by atoms with van der Waals surface area (Å²) in [5.41, 5.74) is 0.959. The van der Waals surface area contributed by atoms with Gasteiger partial charge in [-0.25, -0.2) is 4.79 Å². The molecule has 126 valence electrons. The van der Waals surface area contributed by atoms with Gasteiger partial charge in [-0.1, -0.05) is 12.1 Å². The Bertz CT molecular complexity index is 775. The molecule has 0 radical (unpaired) electrons. The highest BCUT2D eigenvalue weighted by Gasteiger charge is 2.51. The number of fused-ring (bicyclic) bond motifs is 1. The molecule has 0 saturated carbocycles. The van der Waals surface area contributed by atoms with E-state index in [0.29, 0.717) is 12.1 Å². The van der Waals surface area contributed by atoms with E-state index in [2.05, 4.69) is 10.2 Å². The van der Waals surface area contributed by atoms with Crippen molar-refractivity contribution in [2.75, 3.05) is 6.61 Å². The number of nitrogens with zero attached hydrogens (tertiary/aromatic N) is 2. The maximum absolute atomic E-state index is 11.7. The van der Waals surface area contributed by atoms with Crippen LogP contribution in [0.25, 0.3) is 10.9 Å². The van der Waals surface area contributed by atoms with Crippen LogP contribution in [0.2, 0.25) is 0 Å². The molecule has 1 aliphatic heterocycles. The summed E-state index contributed by atoms with van der Waals surface area (Å²) < 4.78 is 17.0. The molecule has 1 aromatic heterocycles. The minimum atomic E-state index is -0.470. The van der Waals surface area contributed by atoms with Crippen molar-refractivity contribution in [3.8, 4) is 0 Å². The van der Waals surface area contributed by atoms with Gasteiger partial charge in [-0.15, -0.1) is 10.2 Å². The molecule has 1 fully saturated rings. The number of aromatic nitrogens is 2. The lowest BCUT2D eigenvalue weighted by Gasteiger charge is -2.32. The highest BCUT2D eigenvalue weighted by atomic mass is 16.7. The largest absolute Gasteiger partial charge is 0.494 e. The summed E-state index contributed by atoms with van der Waals surface area (Å²) in [5.74, 6) is -0.470. The number of carbonyl (C=O) groups excluding carboxylic acids is 1. The number of hydrogen-bond donors (Lipinski definition) is 0. The van der Waals surface area contributed by atoms with E-state index in [4.69, 9.17) is 14.0 Å². The van der Waals surface area contributed by atoms with E-state index in [1.54, 1.807) is 13.0 Å². The fourth-order valence-corrected chi connectivity index (χ4v) is 2.48. The normalized spacial score (nSPS) is 18.8. The molecule has 1 saturated heterocycles. The fourth-order valence-electron chi connectivity index (χ4n) is 2.48. The molecule has 1 aromatic carbocycles. The summed E-state index contributed by atoms with van der Waals surface area (Å²) in [6.07, 6.45) is 0. The van der Waals surface area contributed by atoms with Gasteiger partial charge in [0.15, 0.2) is 5.69 Å². The molecule has 7 heteroatoms. The fraction of sp³-hybridized carbons (Fsp3) is 0.471. The number of carbonyl (C=O) groups is 1. The Balaban J connectivity index is 1.90. The van der Waals surface area contributed by atoms with E-state index >= 15 is 0 Å². The monoisotopic (exact) mass is 328 g/mol. The van der Waals surface area contributed by atoms with E-state index in [-0.39, 0.29) is 5.69 Å². The Morgan fingerprint density at radius 1 is 1.12 bits per heavy atom. The van der Waals surface area contributed by atoms with Gasteiger partial charge in [-0.05, 0) is 52.2 Å². The Morgan fingerprint density at radius 2 is 1.79 bits per heavy atom. The van der Waals surface area contributed by atoms with Gasteiger partial charge in [0, 0.05) is 5.39 Å². The second-order valence-corrected chi connectivity index (χ2v) is 6.86. The average Bonchev–Trinajstić information content (AvgIpc) is 2.74. The van der Waals surface area contributed by atoms with Crippen LogP contribution in [0.5, 0.6) is 0 Å². The Kier molecular flexibility index (Phi) is 4.09. The molecule has 3 rings (SSSR count). The van der Waals surface area contributed by atoms with Crippen molar-refractivity contribution >= 4 is 29.5 Å². The zero-order chi connectivity index (χ0) is 17.5. The first-order valence-electron chi connectivity index (χ1n) is 8.03. The molecule has 2 aromatic rings. The van der Waals surface area contributed by atoms with E-state index in [1.165, 1.54) is 0 Å². The molecule has 0 amide bonds. The maximum atomic E-state index is 11.7. The van der Waals surface area contributed by atoms with Crippen LogP contribution in [0.15, 0.2) is 24.3 Å². The average molecular weight is 328 g/mol. The van der Waals surface area contributed by atoms with Gasteiger partial charge in [-0.3, -0.25) is 0 Å². The van der Waals surface area contributed by atoms with Gasteiger partial charge in [0.25, 0.3) is 0 Å². The summed E-state index contributed by atoms with van der Waals surface area (Å²) in [7, 11) is -0.453. The minimum absolute atomic E-state index is 0.202. The Labute approximate surface area is 141 Å². The molecule has 0 bridgehead atoms. The van der Waals surface area contributed by atoms with Crippen molar-refractivity contribution in [1.82, 2.24) is 10.2 Å². The first-order chi connectivity index (χ1) is 11.2. The lowest BCUT2D eigenvalue weighted by Crippen LogP contribution is -2.41. The second-order valence-electron chi connectivity index (χ2n) is 6.86. The summed E-state index contributed by atoms with van der Waals surface area (Å²) in [5, 5.41) is 8.88. The van der Waals surface area contributed by atoms with Crippen molar-refractivity contribution in [1.29, 1.82) is 0 Å². The van der Waals surface area contributed by atoms with Gasteiger partial charge < -0.3 is 14.0 Å².